The first-order valence-electron chi connectivity index (χ1n) is 6.38. The summed E-state index contributed by atoms with van der Waals surface area (Å²) in [7, 11) is 0. The van der Waals surface area contributed by atoms with Crippen molar-refractivity contribution >= 4 is 17.0 Å². The number of nitrogens with one attached hydrogen (secondary N) is 1. The predicted molar refractivity (Wildman–Crippen MR) is 77.1 cm³/mol. The van der Waals surface area contributed by atoms with Crippen LogP contribution in [0.1, 0.15) is 25.3 Å². The molecule has 0 aliphatic rings. The number of unbranched alkanes of at least 4 members (excludes halogenated alkanes) is 1. The minimum Gasteiger partial charge on any atom is -0.326 e. The highest BCUT2D eigenvalue weighted by Crippen LogP contribution is 2.21. The van der Waals surface area contributed by atoms with E-state index < -0.39 is 4.92 Å². The second kappa shape index (κ2) is 6.04. The van der Waals surface area contributed by atoms with Crippen LogP contribution in [-0.2, 0) is 0 Å². The Morgan fingerprint density at radius 2 is 2.21 bits per heavy atom. The molecule has 1 aromatic carbocycles. The molecule has 0 fully saturated rings. The fourth-order valence-electron chi connectivity index (χ4n) is 1.99. The van der Waals surface area contributed by atoms with Crippen LogP contribution in [0.15, 0.2) is 36.7 Å². The first kappa shape index (κ1) is 13.1. The Labute approximate surface area is 111 Å². The maximum atomic E-state index is 10.4. The summed E-state index contributed by atoms with van der Waals surface area (Å²) in [5, 5.41) is 11.4. The molecule has 0 saturated carbocycles. The highest BCUT2D eigenvalue weighted by molar-refractivity contribution is 5.89. The Balaban J connectivity index is 2.34. The number of hydrogen-bond donors (Lipinski definition) is 1. The van der Waals surface area contributed by atoms with Crippen LogP contribution in [0, 0.1) is 10.1 Å². The summed E-state index contributed by atoms with van der Waals surface area (Å²) in [6, 6.07) is 7.86. The molecule has 2 rings (SSSR count). The van der Waals surface area contributed by atoms with Crippen molar-refractivity contribution in [1.29, 1.82) is 0 Å². The predicted octanol–water partition coefficient (Wildman–Crippen LogP) is 3.23. The maximum Gasteiger partial charge on any atom is 0.235 e. The van der Waals surface area contributed by atoms with Gasteiger partial charge in [-0.05, 0) is 12.5 Å². The third-order valence-electron chi connectivity index (χ3n) is 2.93. The topological polar surface area (TPSA) is 60.1 Å². The molecule has 0 spiro atoms. The number of hydrogen-bond acceptors (Lipinski definition) is 3. The van der Waals surface area contributed by atoms with Crippen molar-refractivity contribution in [2.45, 2.75) is 19.8 Å². The number of para-hydroxylation sites is 1. The van der Waals surface area contributed by atoms with E-state index in [1.54, 1.807) is 0 Å². The average molecular weight is 259 g/mol. The van der Waals surface area contributed by atoms with Crippen molar-refractivity contribution in [3.63, 3.8) is 0 Å². The summed E-state index contributed by atoms with van der Waals surface area (Å²) >= 11 is 0. The molecule has 0 unspecified atom stereocenters. The van der Waals surface area contributed by atoms with Crippen LogP contribution in [0.2, 0.25) is 0 Å². The standard InChI is InChI=1S/C14H17N3O2/c1-2-3-9-15-16-11-12(8-10-17(18)19)13-6-4-5-7-14(13)16/h4-8,10-11,15H,2-3,9H2,1H3/b10-8+. The monoisotopic (exact) mass is 259 g/mol. The van der Waals surface area contributed by atoms with E-state index in [0.29, 0.717) is 0 Å². The lowest BCUT2D eigenvalue weighted by Crippen LogP contribution is -2.14. The molecule has 0 bridgehead atoms. The Morgan fingerprint density at radius 3 is 2.95 bits per heavy atom. The van der Waals surface area contributed by atoms with Crippen LogP contribution >= 0.6 is 0 Å². The lowest BCUT2D eigenvalue weighted by molar-refractivity contribution is -0.400. The zero-order chi connectivity index (χ0) is 13.7. The Hall–Kier alpha value is -2.30. The average Bonchev–Trinajstić information content (AvgIpc) is 2.76. The molecule has 5 heteroatoms. The van der Waals surface area contributed by atoms with Crippen molar-refractivity contribution in [3.8, 4) is 0 Å². The van der Waals surface area contributed by atoms with Crippen LogP contribution < -0.4 is 5.43 Å². The molecule has 0 saturated heterocycles. The van der Waals surface area contributed by atoms with Gasteiger partial charge in [0.2, 0.25) is 6.20 Å². The van der Waals surface area contributed by atoms with Crippen molar-refractivity contribution in [1.82, 2.24) is 4.68 Å². The molecule has 19 heavy (non-hydrogen) atoms. The molecule has 1 N–H and O–H groups in total. The largest absolute Gasteiger partial charge is 0.326 e. The molecule has 0 amide bonds. The smallest absolute Gasteiger partial charge is 0.235 e. The second-order valence-corrected chi connectivity index (χ2v) is 4.33. The van der Waals surface area contributed by atoms with Gasteiger partial charge in [-0.3, -0.25) is 14.8 Å². The van der Waals surface area contributed by atoms with Crippen LogP contribution in [0.4, 0.5) is 0 Å². The Morgan fingerprint density at radius 1 is 1.42 bits per heavy atom. The summed E-state index contributed by atoms with van der Waals surface area (Å²) < 4.78 is 1.94. The summed E-state index contributed by atoms with van der Waals surface area (Å²) in [6.07, 6.45) is 6.60. The normalized spacial score (nSPS) is 11.2. The molecule has 0 aliphatic heterocycles. The van der Waals surface area contributed by atoms with Crippen LogP contribution in [0.3, 0.4) is 0 Å². The van der Waals surface area contributed by atoms with E-state index in [-0.39, 0.29) is 0 Å². The SMILES string of the molecule is CCCCNn1cc(/C=C/[N+](=O)[O-])c2ccccc21. The molecule has 0 atom stereocenters. The second-order valence-electron chi connectivity index (χ2n) is 4.33. The molecular weight excluding hydrogens is 242 g/mol. The van der Waals surface area contributed by atoms with Gasteiger partial charge in [0.05, 0.1) is 10.4 Å². The maximum absolute atomic E-state index is 10.4. The molecule has 5 nitrogen and oxygen atoms in total. The molecule has 1 aromatic heterocycles. The van der Waals surface area contributed by atoms with E-state index in [1.165, 1.54) is 6.08 Å². The van der Waals surface area contributed by atoms with E-state index in [2.05, 4.69) is 12.3 Å². The van der Waals surface area contributed by atoms with Gasteiger partial charge in [-0.25, -0.2) is 0 Å². The number of benzene rings is 1. The summed E-state index contributed by atoms with van der Waals surface area (Å²) in [4.78, 5) is 9.97. The van der Waals surface area contributed by atoms with Crippen molar-refractivity contribution in [2.75, 3.05) is 12.0 Å². The third kappa shape index (κ3) is 3.13. The van der Waals surface area contributed by atoms with Crippen molar-refractivity contribution < 1.29 is 4.92 Å². The fourth-order valence-corrected chi connectivity index (χ4v) is 1.99. The highest BCUT2D eigenvalue weighted by Gasteiger charge is 2.06. The molecule has 100 valence electrons. The third-order valence-corrected chi connectivity index (χ3v) is 2.93. The first-order chi connectivity index (χ1) is 9.22. The first-order valence-corrected chi connectivity index (χ1v) is 6.38. The van der Waals surface area contributed by atoms with Crippen LogP contribution in [0.25, 0.3) is 17.0 Å². The van der Waals surface area contributed by atoms with E-state index in [0.717, 1.165) is 42.1 Å². The highest BCUT2D eigenvalue weighted by atomic mass is 16.6. The van der Waals surface area contributed by atoms with Crippen molar-refractivity contribution in [3.05, 3.63) is 52.3 Å². The van der Waals surface area contributed by atoms with Gasteiger partial charge >= 0.3 is 0 Å². The van der Waals surface area contributed by atoms with Gasteiger partial charge in [-0.1, -0.05) is 31.5 Å². The van der Waals surface area contributed by atoms with E-state index in [1.807, 2.05) is 35.1 Å². The van der Waals surface area contributed by atoms with E-state index in [9.17, 15) is 10.1 Å². The number of rotatable bonds is 6. The Kier molecular flexibility index (Phi) is 4.18. The lowest BCUT2D eigenvalue weighted by atomic mass is 10.2. The zero-order valence-corrected chi connectivity index (χ0v) is 10.9. The van der Waals surface area contributed by atoms with Gasteiger partial charge in [0.1, 0.15) is 0 Å². The fraction of sp³-hybridized carbons (Fsp3) is 0.286. The van der Waals surface area contributed by atoms with Gasteiger partial charge in [0.15, 0.2) is 0 Å². The van der Waals surface area contributed by atoms with Gasteiger partial charge in [-0.15, -0.1) is 0 Å². The molecule has 0 radical (unpaired) electrons. The number of aromatic nitrogens is 1. The van der Waals surface area contributed by atoms with E-state index >= 15 is 0 Å². The van der Waals surface area contributed by atoms with Gasteiger partial charge in [0.25, 0.3) is 0 Å². The van der Waals surface area contributed by atoms with Crippen molar-refractivity contribution in [2.24, 2.45) is 0 Å². The molecule has 1 heterocycles. The number of nitrogens with zero attached hydrogens (tertiary/aromatic N) is 2. The number of nitro groups is 1. The Bertz CT molecular complexity index is 602. The molecule has 2 aromatic rings. The minimum atomic E-state index is -0.448. The van der Waals surface area contributed by atoms with Gasteiger partial charge in [0, 0.05) is 29.8 Å². The van der Waals surface area contributed by atoms with Gasteiger partial charge in [-0.2, -0.15) is 0 Å². The number of fused-ring (bicyclic) bond motifs is 1. The minimum absolute atomic E-state index is 0.448. The molecular formula is C14H17N3O2. The van der Waals surface area contributed by atoms with Gasteiger partial charge < -0.3 is 5.43 Å². The molecule has 0 aliphatic carbocycles. The summed E-state index contributed by atoms with van der Waals surface area (Å²) in [5.74, 6) is 0. The lowest BCUT2D eigenvalue weighted by Gasteiger charge is -2.07. The summed E-state index contributed by atoms with van der Waals surface area (Å²) in [6.45, 7) is 3.02. The van der Waals surface area contributed by atoms with E-state index in [4.69, 9.17) is 0 Å². The zero-order valence-electron chi connectivity index (χ0n) is 10.9. The quantitative estimate of drug-likeness (QED) is 0.492. The van der Waals surface area contributed by atoms with Crippen LogP contribution in [0.5, 0.6) is 0 Å². The van der Waals surface area contributed by atoms with Crippen LogP contribution in [-0.4, -0.2) is 16.1 Å². The summed E-state index contributed by atoms with van der Waals surface area (Å²) in [5.41, 5.74) is 5.18.